The normalized spacial score (nSPS) is 17.6. The maximum Gasteiger partial charge on any atom is 0.292 e. The van der Waals surface area contributed by atoms with Crippen molar-refractivity contribution >= 4 is 46.4 Å². The van der Waals surface area contributed by atoms with Crippen LogP contribution >= 0.6 is 34.8 Å². The van der Waals surface area contributed by atoms with E-state index in [2.05, 4.69) is 0 Å². The molecule has 2 aromatic rings. The summed E-state index contributed by atoms with van der Waals surface area (Å²) in [4.78, 5) is 14.6. The predicted octanol–water partition coefficient (Wildman–Crippen LogP) is 4.66. The molecule has 1 fully saturated rings. The monoisotopic (exact) mass is 427 g/mol. The van der Waals surface area contributed by atoms with Gasteiger partial charge in [-0.3, -0.25) is 4.79 Å². The van der Waals surface area contributed by atoms with E-state index >= 15 is 0 Å². The molecule has 1 spiro atoms. The van der Waals surface area contributed by atoms with E-state index in [-0.39, 0.29) is 5.91 Å². The highest BCUT2D eigenvalue weighted by molar-refractivity contribution is 6.44. The van der Waals surface area contributed by atoms with Crippen LogP contribution in [0.4, 0.5) is 5.69 Å². The minimum atomic E-state index is -1.42. The van der Waals surface area contributed by atoms with E-state index < -0.39 is 5.79 Å². The number of benzene rings is 2. The standard InChI is InChI=1S/C19H16Cl3NO4/c20-12-2-4-13(5-3-12)25-9-1-8-23-17-14(6-7-15(21)16(17)22)19(18(23)24)26-10-11-27-19/h2-7H,1,8-11H2. The van der Waals surface area contributed by atoms with Gasteiger partial charge in [0.2, 0.25) is 0 Å². The summed E-state index contributed by atoms with van der Waals surface area (Å²) < 4.78 is 17.1. The lowest BCUT2D eigenvalue weighted by Gasteiger charge is -2.22. The Morgan fingerprint density at radius 1 is 1.04 bits per heavy atom. The Balaban J connectivity index is 1.50. The summed E-state index contributed by atoms with van der Waals surface area (Å²) in [7, 11) is 0. The van der Waals surface area contributed by atoms with Crippen LogP contribution in [0, 0.1) is 0 Å². The zero-order valence-corrected chi connectivity index (χ0v) is 16.5. The molecule has 0 aliphatic carbocycles. The molecule has 2 heterocycles. The fourth-order valence-corrected chi connectivity index (χ4v) is 3.86. The first-order chi connectivity index (χ1) is 13.0. The van der Waals surface area contributed by atoms with E-state index in [1.54, 1.807) is 41.3 Å². The number of ether oxygens (including phenoxy) is 3. The number of nitrogens with zero attached hydrogens (tertiary/aromatic N) is 1. The number of rotatable bonds is 5. The van der Waals surface area contributed by atoms with Crippen molar-refractivity contribution in [2.45, 2.75) is 12.2 Å². The molecular weight excluding hydrogens is 413 g/mol. The summed E-state index contributed by atoms with van der Waals surface area (Å²) >= 11 is 18.4. The van der Waals surface area contributed by atoms with Crippen LogP contribution in [0.3, 0.4) is 0 Å². The van der Waals surface area contributed by atoms with Gasteiger partial charge in [-0.15, -0.1) is 0 Å². The third-order valence-corrected chi connectivity index (χ3v) is 5.57. The molecule has 8 heteroatoms. The SMILES string of the molecule is O=C1N(CCCOc2ccc(Cl)cc2)c2c(ccc(Cl)c2Cl)C12OCCO2. The number of hydrogen-bond donors (Lipinski definition) is 0. The second kappa shape index (κ2) is 7.49. The minimum Gasteiger partial charge on any atom is -0.494 e. The number of halogens is 3. The van der Waals surface area contributed by atoms with Gasteiger partial charge in [-0.05, 0) is 42.8 Å². The van der Waals surface area contributed by atoms with Gasteiger partial charge in [0.15, 0.2) is 0 Å². The maximum atomic E-state index is 13.1. The molecule has 0 N–H and O–H groups in total. The largest absolute Gasteiger partial charge is 0.494 e. The van der Waals surface area contributed by atoms with Crippen LogP contribution in [-0.2, 0) is 20.1 Å². The molecule has 0 atom stereocenters. The molecule has 4 rings (SSSR count). The molecular formula is C19H16Cl3NO4. The van der Waals surface area contributed by atoms with E-state index in [1.807, 2.05) is 0 Å². The Morgan fingerprint density at radius 2 is 1.74 bits per heavy atom. The average molecular weight is 429 g/mol. The topological polar surface area (TPSA) is 48.0 Å². The molecule has 2 aliphatic rings. The molecule has 0 unspecified atom stereocenters. The lowest BCUT2D eigenvalue weighted by atomic mass is 10.1. The van der Waals surface area contributed by atoms with E-state index in [1.165, 1.54) is 0 Å². The van der Waals surface area contributed by atoms with E-state index in [0.717, 1.165) is 0 Å². The summed E-state index contributed by atoms with van der Waals surface area (Å²) in [5.74, 6) is -0.987. The summed E-state index contributed by atoms with van der Waals surface area (Å²) in [5.41, 5.74) is 1.14. The fraction of sp³-hybridized carbons (Fsp3) is 0.316. The second-order valence-electron chi connectivity index (χ2n) is 6.18. The minimum absolute atomic E-state index is 0.286. The van der Waals surface area contributed by atoms with Crippen molar-refractivity contribution in [3.8, 4) is 5.75 Å². The first kappa shape index (κ1) is 18.8. The molecule has 2 aromatic carbocycles. The molecule has 27 heavy (non-hydrogen) atoms. The van der Waals surface area contributed by atoms with Gasteiger partial charge in [0.05, 0.1) is 35.6 Å². The Hall–Kier alpha value is -1.50. The second-order valence-corrected chi connectivity index (χ2v) is 7.41. The first-order valence-corrected chi connectivity index (χ1v) is 9.63. The van der Waals surface area contributed by atoms with Crippen LogP contribution in [0.15, 0.2) is 36.4 Å². The number of amides is 1. The summed E-state index contributed by atoms with van der Waals surface area (Å²) in [6.07, 6.45) is 0.590. The molecule has 1 amide bonds. The van der Waals surface area contributed by atoms with Gasteiger partial charge >= 0.3 is 0 Å². The van der Waals surface area contributed by atoms with Gasteiger partial charge in [0.25, 0.3) is 11.7 Å². The van der Waals surface area contributed by atoms with Crippen molar-refractivity contribution in [2.24, 2.45) is 0 Å². The van der Waals surface area contributed by atoms with Crippen LogP contribution in [0.5, 0.6) is 5.75 Å². The van der Waals surface area contributed by atoms with E-state index in [4.69, 9.17) is 49.0 Å². The van der Waals surface area contributed by atoms with Crippen LogP contribution in [0.1, 0.15) is 12.0 Å². The van der Waals surface area contributed by atoms with Crippen molar-refractivity contribution in [3.05, 3.63) is 57.0 Å². The van der Waals surface area contributed by atoms with Crippen molar-refractivity contribution in [1.82, 2.24) is 0 Å². The molecule has 0 radical (unpaired) electrons. The quantitative estimate of drug-likeness (QED) is 0.650. The fourth-order valence-electron chi connectivity index (χ4n) is 3.31. The van der Waals surface area contributed by atoms with Gasteiger partial charge < -0.3 is 19.1 Å². The molecule has 5 nitrogen and oxygen atoms in total. The van der Waals surface area contributed by atoms with Gasteiger partial charge in [0, 0.05) is 17.1 Å². The van der Waals surface area contributed by atoms with Gasteiger partial charge in [-0.2, -0.15) is 0 Å². The number of carbonyl (C=O) groups excluding carboxylic acids is 1. The lowest BCUT2D eigenvalue weighted by molar-refractivity contribution is -0.180. The third-order valence-electron chi connectivity index (χ3n) is 4.52. The van der Waals surface area contributed by atoms with Crippen molar-refractivity contribution in [1.29, 1.82) is 0 Å². The maximum absolute atomic E-state index is 13.1. The number of fused-ring (bicyclic) bond motifs is 2. The Labute approximate surface area is 171 Å². The zero-order valence-electron chi connectivity index (χ0n) is 14.2. The van der Waals surface area contributed by atoms with E-state index in [0.29, 0.717) is 64.9 Å². The zero-order chi connectivity index (χ0) is 19.0. The Morgan fingerprint density at radius 3 is 2.44 bits per heavy atom. The number of hydrogen-bond acceptors (Lipinski definition) is 4. The highest BCUT2D eigenvalue weighted by atomic mass is 35.5. The first-order valence-electron chi connectivity index (χ1n) is 8.49. The summed E-state index contributed by atoms with van der Waals surface area (Å²) in [6.45, 7) is 1.51. The predicted molar refractivity (Wildman–Crippen MR) is 104 cm³/mol. The summed E-state index contributed by atoms with van der Waals surface area (Å²) in [5, 5.41) is 1.34. The van der Waals surface area contributed by atoms with Gasteiger partial charge in [0.1, 0.15) is 5.75 Å². The smallest absolute Gasteiger partial charge is 0.292 e. The van der Waals surface area contributed by atoms with Crippen LogP contribution in [0.2, 0.25) is 15.1 Å². The summed E-state index contributed by atoms with van der Waals surface area (Å²) in [6, 6.07) is 10.5. The van der Waals surface area contributed by atoms with Gasteiger partial charge in [-0.25, -0.2) is 0 Å². The molecule has 2 aliphatic heterocycles. The Kier molecular flexibility index (Phi) is 5.23. The molecule has 142 valence electrons. The van der Waals surface area contributed by atoms with Crippen molar-refractivity contribution < 1.29 is 19.0 Å². The van der Waals surface area contributed by atoms with Gasteiger partial charge in [-0.1, -0.05) is 34.8 Å². The molecule has 0 saturated carbocycles. The number of carbonyl (C=O) groups is 1. The highest BCUT2D eigenvalue weighted by Crippen LogP contribution is 2.50. The number of anilines is 1. The van der Waals surface area contributed by atoms with Crippen molar-refractivity contribution in [3.63, 3.8) is 0 Å². The van der Waals surface area contributed by atoms with Crippen LogP contribution < -0.4 is 9.64 Å². The molecule has 0 bridgehead atoms. The van der Waals surface area contributed by atoms with Crippen LogP contribution in [0.25, 0.3) is 0 Å². The molecule has 0 aromatic heterocycles. The van der Waals surface area contributed by atoms with Crippen LogP contribution in [-0.4, -0.2) is 32.3 Å². The average Bonchev–Trinajstić information content (AvgIpc) is 3.24. The Bertz CT molecular complexity index is 866. The van der Waals surface area contributed by atoms with E-state index in [9.17, 15) is 4.79 Å². The highest BCUT2D eigenvalue weighted by Gasteiger charge is 2.56. The lowest BCUT2D eigenvalue weighted by Crippen LogP contribution is -2.41. The van der Waals surface area contributed by atoms with Crippen molar-refractivity contribution in [2.75, 3.05) is 31.3 Å². The molecule has 1 saturated heterocycles. The third kappa shape index (κ3) is 3.28.